The van der Waals surface area contributed by atoms with Crippen LogP contribution in [0.25, 0.3) is 0 Å². The quantitative estimate of drug-likeness (QED) is 0.498. The van der Waals surface area contributed by atoms with Gasteiger partial charge in [-0.15, -0.1) is 0 Å². The molecule has 0 aromatic carbocycles. The molecule has 0 aromatic rings. The first-order valence-corrected chi connectivity index (χ1v) is 7.18. The van der Waals surface area contributed by atoms with Crippen molar-refractivity contribution >= 4 is 0 Å². The maximum atomic E-state index is 9.68. The zero-order valence-corrected chi connectivity index (χ0v) is 12.3. The van der Waals surface area contributed by atoms with Crippen molar-refractivity contribution in [3.63, 3.8) is 0 Å². The fraction of sp³-hybridized carbons (Fsp3) is 1.00. The number of hydrogen-bond donors (Lipinski definition) is 2. The van der Waals surface area contributed by atoms with E-state index in [1.165, 1.54) is 32.1 Å². The summed E-state index contributed by atoms with van der Waals surface area (Å²) >= 11 is 0. The Morgan fingerprint density at radius 2 is 1.94 bits per heavy atom. The lowest BCUT2D eigenvalue weighted by atomic mass is 10.1. The van der Waals surface area contributed by atoms with Crippen LogP contribution in [0, 0.1) is 0 Å². The SMILES string of the molecule is CCCCCCC(C)NCC(O)COCCOC. The van der Waals surface area contributed by atoms with E-state index < -0.39 is 6.10 Å². The van der Waals surface area contributed by atoms with E-state index in [0.717, 1.165) is 0 Å². The highest BCUT2D eigenvalue weighted by Gasteiger charge is 2.07. The van der Waals surface area contributed by atoms with Gasteiger partial charge in [0.2, 0.25) is 0 Å². The van der Waals surface area contributed by atoms with Crippen molar-refractivity contribution in [1.29, 1.82) is 0 Å². The predicted molar refractivity (Wildman–Crippen MR) is 74.9 cm³/mol. The molecule has 0 fully saturated rings. The Balaban J connectivity index is 3.32. The Morgan fingerprint density at radius 1 is 1.17 bits per heavy atom. The van der Waals surface area contributed by atoms with E-state index in [-0.39, 0.29) is 0 Å². The molecule has 0 radical (unpaired) electrons. The van der Waals surface area contributed by atoms with Gasteiger partial charge in [0.15, 0.2) is 0 Å². The zero-order chi connectivity index (χ0) is 13.6. The van der Waals surface area contributed by atoms with Crippen LogP contribution in [0.1, 0.15) is 46.0 Å². The van der Waals surface area contributed by atoms with Crippen LogP contribution in [-0.2, 0) is 9.47 Å². The van der Waals surface area contributed by atoms with E-state index in [2.05, 4.69) is 19.2 Å². The Kier molecular flexibility index (Phi) is 13.2. The second-order valence-corrected chi connectivity index (χ2v) is 4.88. The largest absolute Gasteiger partial charge is 0.389 e. The Morgan fingerprint density at radius 3 is 2.61 bits per heavy atom. The summed E-state index contributed by atoms with van der Waals surface area (Å²) in [5, 5.41) is 13.0. The normalized spacial score (nSPS) is 14.7. The summed E-state index contributed by atoms with van der Waals surface area (Å²) in [6.07, 6.45) is 5.92. The number of rotatable bonds is 13. The third-order valence-electron chi connectivity index (χ3n) is 2.93. The maximum Gasteiger partial charge on any atom is 0.0897 e. The Labute approximate surface area is 112 Å². The molecule has 0 aromatic heterocycles. The minimum atomic E-state index is -0.431. The smallest absolute Gasteiger partial charge is 0.0897 e. The van der Waals surface area contributed by atoms with Gasteiger partial charge in [-0.2, -0.15) is 0 Å². The molecule has 18 heavy (non-hydrogen) atoms. The number of methoxy groups -OCH3 is 1. The van der Waals surface area contributed by atoms with Crippen LogP contribution < -0.4 is 5.32 Å². The second kappa shape index (κ2) is 13.3. The van der Waals surface area contributed by atoms with Crippen molar-refractivity contribution in [1.82, 2.24) is 5.32 Å². The van der Waals surface area contributed by atoms with Crippen molar-refractivity contribution in [2.75, 3.05) is 33.5 Å². The third-order valence-corrected chi connectivity index (χ3v) is 2.93. The minimum Gasteiger partial charge on any atom is -0.389 e. The van der Waals surface area contributed by atoms with Crippen molar-refractivity contribution in [3.05, 3.63) is 0 Å². The van der Waals surface area contributed by atoms with Gasteiger partial charge in [-0.25, -0.2) is 0 Å². The molecule has 0 amide bonds. The molecule has 0 rings (SSSR count). The van der Waals surface area contributed by atoms with Crippen LogP contribution in [0.2, 0.25) is 0 Å². The maximum absolute atomic E-state index is 9.68. The third kappa shape index (κ3) is 12.3. The number of unbranched alkanes of at least 4 members (excludes halogenated alkanes) is 3. The van der Waals surface area contributed by atoms with Crippen LogP contribution >= 0.6 is 0 Å². The fourth-order valence-electron chi connectivity index (χ4n) is 1.74. The van der Waals surface area contributed by atoms with Crippen molar-refractivity contribution in [2.45, 2.75) is 58.1 Å². The molecule has 0 aliphatic carbocycles. The Bertz CT molecular complexity index is 149. The van der Waals surface area contributed by atoms with Crippen LogP contribution in [-0.4, -0.2) is 50.7 Å². The first-order chi connectivity index (χ1) is 8.70. The molecule has 0 saturated carbocycles. The lowest BCUT2D eigenvalue weighted by Crippen LogP contribution is -2.36. The van der Waals surface area contributed by atoms with Crippen LogP contribution in [0.3, 0.4) is 0 Å². The lowest BCUT2D eigenvalue weighted by Gasteiger charge is -2.17. The monoisotopic (exact) mass is 261 g/mol. The average molecular weight is 261 g/mol. The highest BCUT2D eigenvalue weighted by Crippen LogP contribution is 2.05. The number of hydrogen-bond acceptors (Lipinski definition) is 4. The molecule has 0 aliphatic rings. The van der Waals surface area contributed by atoms with Gasteiger partial charge in [0.25, 0.3) is 0 Å². The molecule has 0 heterocycles. The number of ether oxygens (including phenoxy) is 2. The molecular weight excluding hydrogens is 230 g/mol. The van der Waals surface area contributed by atoms with E-state index in [9.17, 15) is 5.11 Å². The van der Waals surface area contributed by atoms with E-state index in [4.69, 9.17) is 9.47 Å². The van der Waals surface area contributed by atoms with Crippen molar-refractivity contribution in [3.8, 4) is 0 Å². The molecule has 2 unspecified atom stereocenters. The lowest BCUT2D eigenvalue weighted by molar-refractivity contribution is 0.0130. The zero-order valence-electron chi connectivity index (χ0n) is 12.3. The highest BCUT2D eigenvalue weighted by molar-refractivity contribution is 4.65. The molecule has 4 heteroatoms. The molecule has 0 bridgehead atoms. The van der Waals surface area contributed by atoms with Gasteiger partial charge in [-0.05, 0) is 13.3 Å². The average Bonchev–Trinajstić information content (AvgIpc) is 2.37. The van der Waals surface area contributed by atoms with Gasteiger partial charge in [-0.1, -0.05) is 32.6 Å². The summed E-state index contributed by atoms with van der Waals surface area (Å²) in [6, 6.07) is 0.468. The molecule has 0 saturated heterocycles. The highest BCUT2D eigenvalue weighted by atomic mass is 16.5. The van der Waals surface area contributed by atoms with Crippen molar-refractivity contribution < 1.29 is 14.6 Å². The molecule has 0 spiro atoms. The standard InChI is InChI=1S/C14H31NO3/c1-4-5-6-7-8-13(2)15-11-14(16)12-18-10-9-17-3/h13-16H,4-12H2,1-3H3. The van der Waals surface area contributed by atoms with E-state index in [0.29, 0.717) is 32.4 Å². The van der Waals surface area contributed by atoms with Crippen LogP contribution in [0.5, 0.6) is 0 Å². The number of nitrogens with one attached hydrogen (secondary N) is 1. The van der Waals surface area contributed by atoms with Crippen LogP contribution in [0.15, 0.2) is 0 Å². The summed E-state index contributed by atoms with van der Waals surface area (Å²) in [4.78, 5) is 0. The second-order valence-electron chi connectivity index (χ2n) is 4.88. The van der Waals surface area contributed by atoms with Crippen LogP contribution in [0.4, 0.5) is 0 Å². The summed E-state index contributed by atoms with van der Waals surface area (Å²) < 4.78 is 10.1. The van der Waals surface area contributed by atoms with Gasteiger partial charge >= 0.3 is 0 Å². The summed E-state index contributed by atoms with van der Waals surface area (Å²) in [6.45, 7) is 6.49. The number of aliphatic hydroxyl groups is 1. The number of aliphatic hydroxyl groups excluding tert-OH is 1. The molecular formula is C14H31NO3. The molecule has 110 valence electrons. The fourth-order valence-corrected chi connectivity index (χ4v) is 1.74. The summed E-state index contributed by atoms with van der Waals surface area (Å²) in [5.41, 5.74) is 0. The summed E-state index contributed by atoms with van der Waals surface area (Å²) in [7, 11) is 1.64. The first kappa shape index (κ1) is 17.8. The van der Waals surface area contributed by atoms with Crippen molar-refractivity contribution in [2.24, 2.45) is 0 Å². The van der Waals surface area contributed by atoms with Gasteiger partial charge in [0.1, 0.15) is 0 Å². The molecule has 0 aliphatic heterocycles. The van der Waals surface area contributed by atoms with Gasteiger partial charge in [-0.3, -0.25) is 0 Å². The summed E-state index contributed by atoms with van der Waals surface area (Å²) in [5.74, 6) is 0. The topological polar surface area (TPSA) is 50.7 Å². The Hall–Kier alpha value is -0.160. The molecule has 2 N–H and O–H groups in total. The van der Waals surface area contributed by atoms with E-state index >= 15 is 0 Å². The minimum absolute atomic E-state index is 0.374. The van der Waals surface area contributed by atoms with Gasteiger partial charge in [0.05, 0.1) is 25.9 Å². The molecule has 4 nitrogen and oxygen atoms in total. The first-order valence-electron chi connectivity index (χ1n) is 7.18. The predicted octanol–water partition coefficient (Wildman–Crippen LogP) is 1.96. The van der Waals surface area contributed by atoms with E-state index in [1.54, 1.807) is 7.11 Å². The van der Waals surface area contributed by atoms with E-state index in [1.807, 2.05) is 0 Å². The van der Waals surface area contributed by atoms with Gasteiger partial charge < -0.3 is 19.9 Å². The van der Waals surface area contributed by atoms with Gasteiger partial charge in [0, 0.05) is 19.7 Å². The molecule has 2 atom stereocenters.